The summed E-state index contributed by atoms with van der Waals surface area (Å²) in [4.78, 5) is 0. The molecular weight excluding hydrogens is 200 g/mol. The van der Waals surface area contributed by atoms with E-state index in [4.69, 9.17) is 4.74 Å². The summed E-state index contributed by atoms with van der Waals surface area (Å²) in [5.74, 6) is 1.47. The SMILES string of the molecule is CC(C)c1ccc2c(c1)-c1[nH]ncc1CO2. The van der Waals surface area contributed by atoms with Crippen molar-refractivity contribution < 1.29 is 4.74 Å². The lowest BCUT2D eigenvalue weighted by atomic mass is 9.97. The Balaban J connectivity index is 2.18. The van der Waals surface area contributed by atoms with Gasteiger partial charge in [-0.25, -0.2) is 0 Å². The molecule has 3 rings (SSSR count). The quantitative estimate of drug-likeness (QED) is 0.792. The highest BCUT2D eigenvalue weighted by molar-refractivity contribution is 5.72. The summed E-state index contributed by atoms with van der Waals surface area (Å²) in [6.45, 7) is 5.00. The van der Waals surface area contributed by atoms with E-state index in [1.165, 1.54) is 5.56 Å². The number of benzene rings is 1. The van der Waals surface area contributed by atoms with Gasteiger partial charge in [-0.2, -0.15) is 5.10 Å². The topological polar surface area (TPSA) is 37.9 Å². The van der Waals surface area contributed by atoms with Crippen LogP contribution in [-0.4, -0.2) is 10.2 Å². The molecule has 0 atom stereocenters. The molecule has 2 heterocycles. The van der Waals surface area contributed by atoms with Gasteiger partial charge < -0.3 is 4.74 Å². The number of rotatable bonds is 1. The van der Waals surface area contributed by atoms with Gasteiger partial charge in [-0.1, -0.05) is 19.9 Å². The van der Waals surface area contributed by atoms with Gasteiger partial charge in [-0.15, -0.1) is 0 Å². The molecule has 3 nitrogen and oxygen atoms in total. The van der Waals surface area contributed by atoms with E-state index in [9.17, 15) is 0 Å². The zero-order valence-electron chi connectivity index (χ0n) is 9.45. The summed E-state index contributed by atoms with van der Waals surface area (Å²) in [6.07, 6.45) is 1.83. The summed E-state index contributed by atoms with van der Waals surface area (Å²) < 4.78 is 5.68. The number of ether oxygens (including phenoxy) is 1. The molecule has 2 aromatic rings. The minimum atomic E-state index is 0.526. The zero-order valence-corrected chi connectivity index (χ0v) is 9.45. The molecule has 0 amide bonds. The molecule has 82 valence electrons. The minimum absolute atomic E-state index is 0.526. The van der Waals surface area contributed by atoms with Gasteiger partial charge in [-0.05, 0) is 23.6 Å². The summed E-state index contributed by atoms with van der Waals surface area (Å²) in [7, 11) is 0. The van der Waals surface area contributed by atoms with E-state index in [2.05, 4.69) is 42.2 Å². The van der Waals surface area contributed by atoms with Gasteiger partial charge in [0, 0.05) is 11.1 Å². The Kier molecular flexibility index (Phi) is 1.99. The molecule has 0 saturated heterocycles. The summed E-state index contributed by atoms with van der Waals surface area (Å²) in [5, 5.41) is 7.12. The molecule has 1 aromatic carbocycles. The largest absolute Gasteiger partial charge is 0.488 e. The molecule has 1 aliphatic rings. The monoisotopic (exact) mass is 214 g/mol. The highest BCUT2D eigenvalue weighted by Crippen LogP contribution is 2.37. The number of nitrogens with zero attached hydrogens (tertiary/aromatic N) is 1. The highest BCUT2D eigenvalue weighted by Gasteiger charge is 2.19. The maximum Gasteiger partial charge on any atom is 0.129 e. The van der Waals surface area contributed by atoms with Crippen LogP contribution < -0.4 is 4.74 Å². The third-order valence-electron chi connectivity index (χ3n) is 3.04. The first-order valence-corrected chi connectivity index (χ1v) is 5.55. The predicted molar refractivity (Wildman–Crippen MR) is 62.4 cm³/mol. The first-order chi connectivity index (χ1) is 7.75. The molecule has 0 saturated carbocycles. The Bertz CT molecular complexity index is 528. The van der Waals surface area contributed by atoms with Crippen LogP contribution in [0.25, 0.3) is 11.3 Å². The van der Waals surface area contributed by atoms with Crippen molar-refractivity contribution in [2.45, 2.75) is 26.4 Å². The summed E-state index contributed by atoms with van der Waals surface area (Å²) in [6, 6.07) is 6.37. The molecule has 1 aromatic heterocycles. The van der Waals surface area contributed by atoms with E-state index in [1.54, 1.807) is 0 Å². The molecule has 0 bridgehead atoms. The number of aromatic nitrogens is 2. The second-order valence-electron chi connectivity index (χ2n) is 4.47. The van der Waals surface area contributed by atoms with Crippen molar-refractivity contribution in [2.75, 3.05) is 0 Å². The molecule has 0 fully saturated rings. The first kappa shape index (κ1) is 9.46. The molecule has 0 unspecified atom stereocenters. The van der Waals surface area contributed by atoms with Crippen molar-refractivity contribution >= 4 is 0 Å². The van der Waals surface area contributed by atoms with Gasteiger partial charge in [0.05, 0.1) is 11.9 Å². The molecule has 16 heavy (non-hydrogen) atoms. The molecule has 3 heteroatoms. The van der Waals surface area contributed by atoms with Crippen molar-refractivity contribution in [3.8, 4) is 17.0 Å². The van der Waals surface area contributed by atoms with Crippen LogP contribution in [0.4, 0.5) is 0 Å². The van der Waals surface area contributed by atoms with E-state index >= 15 is 0 Å². The van der Waals surface area contributed by atoms with Crippen LogP contribution in [0.1, 0.15) is 30.9 Å². The van der Waals surface area contributed by atoms with Crippen molar-refractivity contribution in [1.82, 2.24) is 10.2 Å². The number of aromatic amines is 1. The second-order valence-corrected chi connectivity index (χ2v) is 4.47. The molecule has 0 radical (unpaired) electrons. The van der Waals surface area contributed by atoms with Crippen LogP contribution in [0, 0.1) is 0 Å². The lowest BCUT2D eigenvalue weighted by molar-refractivity contribution is 0.302. The molecule has 0 aliphatic carbocycles. The van der Waals surface area contributed by atoms with Gasteiger partial charge in [0.25, 0.3) is 0 Å². The van der Waals surface area contributed by atoms with Gasteiger partial charge in [0.2, 0.25) is 0 Å². The normalized spacial score (nSPS) is 13.2. The fraction of sp³-hybridized carbons (Fsp3) is 0.308. The Morgan fingerprint density at radius 1 is 1.38 bits per heavy atom. The Morgan fingerprint density at radius 2 is 2.25 bits per heavy atom. The average Bonchev–Trinajstić information content (AvgIpc) is 2.76. The van der Waals surface area contributed by atoms with Crippen molar-refractivity contribution in [2.24, 2.45) is 0 Å². The lowest BCUT2D eigenvalue weighted by Crippen LogP contribution is -2.04. The Labute approximate surface area is 94.5 Å². The summed E-state index contributed by atoms with van der Waals surface area (Å²) >= 11 is 0. The number of H-pyrrole nitrogens is 1. The number of hydrogen-bond donors (Lipinski definition) is 1. The van der Waals surface area contributed by atoms with E-state index in [1.807, 2.05) is 6.20 Å². The van der Waals surface area contributed by atoms with Crippen LogP contribution in [0.5, 0.6) is 5.75 Å². The van der Waals surface area contributed by atoms with Crippen LogP contribution in [0.15, 0.2) is 24.4 Å². The molecular formula is C13H14N2O. The Morgan fingerprint density at radius 3 is 3.06 bits per heavy atom. The minimum Gasteiger partial charge on any atom is -0.488 e. The fourth-order valence-corrected chi connectivity index (χ4v) is 2.04. The smallest absolute Gasteiger partial charge is 0.129 e. The highest BCUT2D eigenvalue weighted by atomic mass is 16.5. The third-order valence-corrected chi connectivity index (χ3v) is 3.04. The van der Waals surface area contributed by atoms with E-state index in [0.717, 1.165) is 22.6 Å². The van der Waals surface area contributed by atoms with Crippen LogP contribution in [-0.2, 0) is 6.61 Å². The van der Waals surface area contributed by atoms with Crippen molar-refractivity contribution in [3.63, 3.8) is 0 Å². The van der Waals surface area contributed by atoms with Gasteiger partial charge in [0.1, 0.15) is 12.4 Å². The third kappa shape index (κ3) is 1.32. The number of nitrogens with one attached hydrogen (secondary N) is 1. The van der Waals surface area contributed by atoms with Gasteiger partial charge in [0.15, 0.2) is 0 Å². The van der Waals surface area contributed by atoms with E-state index in [-0.39, 0.29) is 0 Å². The molecule has 1 N–H and O–H groups in total. The van der Waals surface area contributed by atoms with E-state index < -0.39 is 0 Å². The standard InChI is InChI=1S/C13H14N2O/c1-8(2)9-3-4-12-11(5-9)13-10(7-16-12)6-14-15-13/h3-6,8H,7H2,1-2H3,(H,14,15). The van der Waals surface area contributed by atoms with Gasteiger partial charge >= 0.3 is 0 Å². The first-order valence-electron chi connectivity index (χ1n) is 5.55. The van der Waals surface area contributed by atoms with Crippen LogP contribution in [0.3, 0.4) is 0 Å². The molecule has 0 spiro atoms. The van der Waals surface area contributed by atoms with Crippen molar-refractivity contribution in [1.29, 1.82) is 0 Å². The Hall–Kier alpha value is -1.77. The van der Waals surface area contributed by atoms with Crippen LogP contribution in [0.2, 0.25) is 0 Å². The lowest BCUT2D eigenvalue weighted by Gasteiger charge is -2.18. The van der Waals surface area contributed by atoms with Gasteiger partial charge in [-0.3, -0.25) is 5.10 Å². The van der Waals surface area contributed by atoms with Crippen LogP contribution >= 0.6 is 0 Å². The summed E-state index contributed by atoms with van der Waals surface area (Å²) in [5.41, 5.74) is 4.69. The molecule has 1 aliphatic heterocycles. The van der Waals surface area contributed by atoms with Crippen molar-refractivity contribution in [3.05, 3.63) is 35.5 Å². The predicted octanol–water partition coefficient (Wildman–Crippen LogP) is 3.09. The fourth-order valence-electron chi connectivity index (χ4n) is 2.04. The maximum atomic E-state index is 5.68. The van der Waals surface area contributed by atoms with E-state index in [0.29, 0.717) is 12.5 Å². The second kappa shape index (κ2) is 3.37. The zero-order chi connectivity index (χ0) is 11.1. The maximum absolute atomic E-state index is 5.68. The number of fused-ring (bicyclic) bond motifs is 3. The average molecular weight is 214 g/mol. The number of hydrogen-bond acceptors (Lipinski definition) is 2.